The van der Waals surface area contributed by atoms with E-state index in [-0.39, 0.29) is 36.5 Å². The van der Waals surface area contributed by atoms with E-state index in [9.17, 15) is 19.5 Å². The standard InChI is InChI=1S/C33H42O4/c1-21(2)14-16-25-20-32(27(34)24-12-10-9-11-13-24)28(35)26(17-15-22(3)4)29(36)33(30(32)37,31(25,7)8)19-18-23(5)6/h9-15,18,25,36H,16-17,19-20H2,1-8H3/t25-,32?,33?/m0/s1. The minimum atomic E-state index is -1.86. The number of carbonyl (C=O) groups excluding carboxylic acids is 3. The lowest BCUT2D eigenvalue weighted by molar-refractivity contribution is -0.165. The molecule has 4 heteroatoms. The summed E-state index contributed by atoms with van der Waals surface area (Å²) in [6, 6.07) is 8.67. The molecule has 0 aliphatic heterocycles. The second-order valence-electron chi connectivity index (χ2n) is 12.1. The van der Waals surface area contributed by atoms with Crippen LogP contribution in [0.5, 0.6) is 0 Å². The molecule has 4 nitrogen and oxygen atoms in total. The van der Waals surface area contributed by atoms with Crippen LogP contribution in [0.3, 0.4) is 0 Å². The Morgan fingerprint density at radius 3 is 2.03 bits per heavy atom. The molecule has 3 atom stereocenters. The summed E-state index contributed by atoms with van der Waals surface area (Å²) in [4.78, 5) is 43.5. The fraction of sp³-hybridized carbons (Fsp3) is 0.485. The third kappa shape index (κ3) is 4.60. The van der Waals surface area contributed by atoms with Crippen molar-refractivity contribution < 1.29 is 19.5 Å². The van der Waals surface area contributed by atoms with E-state index >= 15 is 0 Å². The van der Waals surface area contributed by atoms with E-state index in [1.165, 1.54) is 0 Å². The Morgan fingerprint density at radius 1 is 0.919 bits per heavy atom. The molecule has 0 amide bonds. The van der Waals surface area contributed by atoms with E-state index in [0.29, 0.717) is 12.0 Å². The van der Waals surface area contributed by atoms with Gasteiger partial charge in [0.25, 0.3) is 0 Å². The number of rotatable bonds is 8. The van der Waals surface area contributed by atoms with Gasteiger partial charge in [-0.3, -0.25) is 14.4 Å². The van der Waals surface area contributed by atoms with E-state index in [1.54, 1.807) is 24.3 Å². The third-order valence-corrected chi connectivity index (χ3v) is 8.57. The van der Waals surface area contributed by atoms with Gasteiger partial charge in [0, 0.05) is 11.1 Å². The number of hydrogen-bond acceptors (Lipinski definition) is 4. The molecule has 37 heavy (non-hydrogen) atoms. The summed E-state index contributed by atoms with van der Waals surface area (Å²) in [5.41, 5.74) is -0.253. The number of carbonyl (C=O) groups is 3. The molecule has 2 aliphatic carbocycles. The van der Waals surface area contributed by atoms with Gasteiger partial charge in [-0.05, 0) is 78.6 Å². The maximum atomic E-state index is 14.8. The fourth-order valence-corrected chi connectivity index (χ4v) is 6.15. The lowest BCUT2D eigenvalue weighted by Crippen LogP contribution is -2.68. The number of allylic oxidation sites excluding steroid dienone is 8. The Kier molecular flexibility index (Phi) is 8.02. The number of benzene rings is 1. The fourth-order valence-electron chi connectivity index (χ4n) is 6.15. The first kappa shape index (κ1) is 28.6. The Balaban J connectivity index is 2.44. The minimum absolute atomic E-state index is 0.136. The minimum Gasteiger partial charge on any atom is -0.511 e. The number of hydrogen-bond donors (Lipinski definition) is 1. The van der Waals surface area contributed by atoms with Crippen LogP contribution in [0.2, 0.25) is 0 Å². The molecule has 0 spiro atoms. The highest BCUT2D eigenvalue weighted by Gasteiger charge is 2.73. The predicted octanol–water partition coefficient (Wildman–Crippen LogP) is 7.92. The quantitative estimate of drug-likeness (QED) is 0.223. The van der Waals surface area contributed by atoms with E-state index in [0.717, 1.165) is 16.7 Å². The highest BCUT2D eigenvalue weighted by atomic mass is 16.3. The Labute approximate surface area is 222 Å². The highest BCUT2D eigenvalue weighted by molar-refractivity contribution is 6.35. The van der Waals surface area contributed by atoms with Crippen LogP contribution in [0, 0.1) is 22.2 Å². The van der Waals surface area contributed by atoms with Gasteiger partial charge in [0.1, 0.15) is 5.76 Å². The van der Waals surface area contributed by atoms with Crippen molar-refractivity contribution >= 4 is 17.3 Å². The Bertz CT molecular complexity index is 1210. The van der Waals surface area contributed by atoms with Crippen LogP contribution < -0.4 is 0 Å². The second kappa shape index (κ2) is 10.4. The van der Waals surface area contributed by atoms with Crippen LogP contribution in [0.4, 0.5) is 0 Å². The molecule has 1 saturated carbocycles. The monoisotopic (exact) mass is 502 g/mol. The van der Waals surface area contributed by atoms with E-state index in [4.69, 9.17) is 0 Å². The molecule has 2 aliphatic rings. The second-order valence-corrected chi connectivity index (χ2v) is 12.1. The van der Waals surface area contributed by atoms with Crippen LogP contribution >= 0.6 is 0 Å². The van der Waals surface area contributed by atoms with Gasteiger partial charge >= 0.3 is 0 Å². The maximum absolute atomic E-state index is 14.8. The Morgan fingerprint density at radius 2 is 1.49 bits per heavy atom. The molecule has 0 radical (unpaired) electrons. The van der Waals surface area contributed by atoms with Crippen LogP contribution in [0.1, 0.15) is 91.4 Å². The summed E-state index contributed by atoms with van der Waals surface area (Å²) >= 11 is 0. The largest absolute Gasteiger partial charge is 0.511 e. The smallest absolute Gasteiger partial charge is 0.184 e. The molecule has 1 aromatic rings. The van der Waals surface area contributed by atoms with Crippen LogP contribution in [-0.4, -0.2) is 22.5 Å². The van der Waals surface area contributed by atoms with Gasteiger partial charge in [-0.2, -0.15) is 0 Å². The summed E-state index contributed by atoms with van der Waals surface area (Å²) in [6.45, 7) is 15.9. The first-order chi connectivity index (χ1) is 17.2. The molecular weight excluding hydrogens is 460 g/mol. The van der Waals surface area contributed by atoms with Gasteiger partial charge < -0.3 is 5.11 Å². The van der Waals surface area contributed by atoms with Gasteiger partial charge in [0.05, 0.1) is 5.41 Å². The number of fused-ring (bicyclic) bond motifs is 2. The molecule has 198 valence electrons. The van der Waals surface area contributed by atoms with E-state index < -0.39 is 33.6 Å². The summed E-state index contributed by atoms with van der Waals surface area (Å²) in [5, 5.41) is 11.9. The first-order valence-corrected chi connectivity index (χ1v) is 13.3. The zero-order chi connectivity index (χ0) is 27.8. The van der Waals surface area contributed by atoms with Crippen molar-refractivity contribution in [2.45, 2.75) is 81.1 Å². The third-order valence-electron chi connectivity index (χ3n) is 8.57. The molecule has 1 fully saturated rings. The normalized spacial score (nSPS) is 26.4. The van der Waals surface area contributed by atoms with Crippen molar-refractivity contribution in [2.24, 2.45) is 22.2 Å². The van der Waals surface area contributed by atoms with Crippen molar-refractivity contribution in [3.63, 3.8) is 0 Å². The van der Waals surface area contributed by atoms with Crippen molar-refractivity contribution in [3.05, 3.63) is 82.2 Å². The summed E-state index contributed by atoms with van der Waals surface area (Å²) < 4.78 is 0. The number of Topliss-reactive ketones (excluding diaryl/α,β-unsaturated/α-hetero) is 3. The van der Waals surface area contributed by atoms with Crippen LogP contribution in [-0.2, 0) is 9.59 Å². The van der Waals surface area contributed by atoms with Crippen molar-refractivity contribution in [2.75, 3.05) is 0 Å². The summed E-state index contributed by atoms with van der Waals surface area (Å²) in [7, 11) is 0. The van der Waals surface area contributed by atoms with Crippen LogP contribution in [0.25, 0.3) is 0 Å². The molecular formula is C33H42O4. The average Bonchev–Trinajstić information content (AvgIpc) is 2.82. The molecule has 2 bridgehead atoms. The van der Waals surface area contributed by atoms with Gasteiger partial charge in [-0.1, -0.05) is 79.1 Å². The maximum Gasteiger partial charge on any atom is 0.184 e. The number of ketones is 3. The van der Waals surface area contributed by atoms with Crippen molar-refractivity contribution in [3.8, 4) is 0 Å². The molecule has 3 rings (SSSR count). The zero-order valence-electron chi connectivity index (χ0n) is 23.7. The van der Waals surface area contributed by atoms with Crippen molar-refractivity contribution in [1.29, 1.82) is 0 Å². The van der Waals surface area contributed by atoms with Crippen molar-refractivity contribution in [1.82, 2.24) is 0 Å². The summed E-state index contributed by atoms with van der Waals surface area (Å²) in [6.07, 6.45) is 7.15. The first-order valence-electron chi connectivity index (χ1n) is 13.3. The van der Waals surface area contributed by atoms with E-state index in [2.05, 4.69) is 6.08 Å². The molecule has 1 aromatic carbocycles. The van der Waals surface area contributed by atoms with Gasteiger partial charge in [0.15, 0.2) is 22.8 Å². The lowest BCUT2D eigenvalue weighted by Gasteiger charge is -2.60. The molecule has 0 heterocycles. The van der Waals surface area contributed by atoms with Gasteiger partial charge in [-0.25, -0.2) is 0 Å². The van der Waals surface area contributed by atoms with Gasteiger partial charge in [0.2, 0.25) is 0 Å². The molecule has 0 saturated heterocycles. The predicted molar refractivity (Wildman–Crippen MR) is 149 cm³/mol. The highest BCUT2D eigenvalue weighted by Crippen LogP contribution is 2.66. The van der Waals surface area contributed by atoms with Crippen LogP contribution in [0.15, 0.2) is 76.6 Å². The zero-order valence-corrected chi connectivity index (χ0v) is 23.7. The topological polar surface area (TPSA) is 71.4 Å². The average molecular weight is 503 g/mol. The molecule has 2 unspecified atom stereocenters. The SMILES string of the molecule is CC(C)=CCC1=C(O)C2(CC=C(C)C)C(=O)C(C(=O)c3ccccc3)(C[C@H](CC=C(C)C)C2(C)C)C1=O. The van der Waals surface area contributed by atoms with Gasteiger partial charge in [-0.15, -0.1) is 0 Å². The van der Waals surface area contributed by atoms with E-state index in [1.807, 2.05) is 73.6 Å². The lowest BCUT2D eigenvalue weighted by atomic mass is 9.40. The molecule has 0 aromatic heterocycles. The Hall–Kier alpha value is -3.01. The number of aliphatic hydroxyl groups excluding tert-OH is 1. The number of aliphatic hydroxyl groups is 1. The molecule has 1 N–H and O–H groups in total. The summed E-state index contributed by atoms with van der Waals surface area (Å²) in [5.74, 6) is -1.76.